The fourth-order valence-electron chi connectivity index (χ4n) is 2.96. The zero-order valence-corrected chi connectivity index (χ0v) is 11.6. The van der Waals surface area contributed by atoms with Gasteiger partial charge in [-0.15, -0.1) is 0 Å². The minimum atomic E-state index is -0.0197. The average Bonchev–Trinajstić information content (AvgIpc) is 3.02. The molecule has 106 valence electrons. The number of aliphatic hydroxyl groups is 1. The number of hydrogen-bond donors (Lipinski definition) is 1. The van der Waals surface area contributed by atoms with Gasteiger partial charge < -0.3 is 9.52 Å². The van der Waals surface area contributed by atoms with Crippen LogP contribution in [0.4, 0.5) is 0 Å². The second kappa shape index (κ2) is 5.38. The Bertz CT molecular complexity index is 586. The summed E-state index contributed by atoms with van der Waals surface area (Å²) in [7, 11) is 0. The number of furan rings is 1. The minimum absolute atomic E-state index is 0.0197. The first-order chi connectivity index (χ1) is 9.69. The molecule has 1 aliphatic heterocycles. The van der Waals surface area contributed by atoms with Crippen LogP contribution >= 0.6 is 0 Å². The Morgan fingerprint density at radius 1 is 1.45 bits per heavy atom. The highest BCUT2D eigenvalue weighted by Gasteiger charge is 2.32. The van der Waals surface area contributed by atoms with Crippen LogP contribution in [0.25, 0.3) is 11.0 Å². The van der Waals surface area contributed by atoms with Gasteiger partial charge >= 0.3 is 0 Å². The largest absolute Gasteiger partial charge is 0.453 e. The predicted molar refractivity (Wildman–Crippen MR) is 76.8 cm³/mol. The van der Waals surface area contributed by atoms with E-state index in [-0.39, 0.29) is 18.4 Å². The smallest absolute Gasteiger partial charge is 0.211 e. The van der Waals surface area contributed by atoms with Crippen LogP contribution < -0.4 is 0 Å². The Labute approximate surface area is 118 Å². The lowest BCUT2D eigenvalue weighted by Gasteiger charge is -2.23. The molecule has 0 aliphatic carbocycles. The summed E-state index contributed by atoms with van der Waals surface area (Å²) >= 11 is 0. The molecule has 2 heterocycles. The van der Waals surface area contributed by atoms with Gasteiger partial charge in [0.15, 0.2) is 5.76 Å². The molecule has 0 bridgehead atoms. The Morgan fingerprint density at radius 3 is 3.00 bits per heavy atom. The number of benzene rings is 1. The van der Waals surface area contributed by atoms with Crippen LogP contribution in [-0.4, -0.2) is 41.5 Å². The van der Waals surface area contributed by atoms with Crippen molar-refractivity contribution in [2.24, 2.45) is 5.92 Å². The molecule has 20 heavy (non-hydrogen) atoms. The maximum atomic E-state index is 12.3. The lowest BCUT2D eigenvalue weighted by molar-refractivity contribution is 0.0842. The third-order valence-electron chi connectivity index (χ3n) is 4.23. The monoisotopic (exact) mass is 273 g/mol. The van der Waals surface area contributed by atoms with E-state index >= 15 is 0 Å². The van der Waals surface area contributed by atoms with Crippen molar-refractivity contribution in [3.05, 3.63) is 36.1 Å². The van der Waals surface area contributed by atoms with Gasteiger partial charge in [0.1, 0.15) is 5.58 Å². The molecule has 1 aromatic carbocycles. The van der Waals surface area contributed by atoms with Gasteiger partial charge in [-0.3, -0.25) is 9.69 Å². The van der Waals surface area contributed by atoms with E-state index in [1.54, 1.807) is 6.07 Å². The molecule has 1 aliphatic rings. The Morgan fingerprint density at radius 2 is 2.25 bits per heavy atom. The van der Waals surface area contributed by atoms with Gasteiger partial charge in [0, 0.05) is 11.4 Å². The van der Waals surface area contributed by atoms with E-state index < -0.39 is 0 Å². The zero-order chi connectivity index (χ0) is 14.1. The van der Waals surface area contributed by atoms with E-state index in [1.165, 1.54) is 0 Å². The van der Waals surface area contributed by atoms with Crippen molar-refractivity contribution in [1.29, 1.82) is 0 Å². The number of rotatable bonds is 4. The summed E-state index contributed by atoms with van der Waals surface area (Å²) in [5.74, 6) is 0.819. The predicted octanol–water partition coefficient (Wildman–Crippen LogP) is 2.32. The molecule has 4 nitrogen and oxygen atoms in total. The molecule has 2 unspecified atom stereocenters. The van der Waals surface area contributed by atoms with E-state index in [1.807, 2.05) is 24.3 Å². The lowest BCUT2D eigenvalue weighted by atomic mass is 10.0. The highest BCUT2D eigenvalue weighted by Crippen LogP contribution is 2.25. The van der Waals surface area contributed by atoms with Crippen LogP contribution in [0.1, 0.15) is 23.9 Å². The number of carbonyl (C=O) groups is 1. The van der Waals surface area contributed by atoms with Gasteiger partial charge in [-0.1, -0.05) is 25.1 Å². The van der Waals surface area contributed by atoms with Crippen molar-refractivity contribution < 1.29 is 14.3 Å². The number of hydrogen-bond acceptors (Lipinski definition) is 4. The molecule has 0 radical (unpaired) electrons. The quantitative estimate of drug-likeness (QED) is 0.869. The molecule has 0 amide bonds. The molecule has 1 aromatic heterocycles. The molecule has 3 rings (SSSR count). The molecule has 0 saturated carbocycles. The number of ketones is 1. The highest BCUT2D eigenvalue weighted by molar-refractivity contribution is 5.98. The zero-order valence-electron chi connectivity index (χ0n) is 11.6. The fraction of sp³-hybridized carbons (Fsp3) is 0.438. The number of fused-ring (bicyclic) bond motifs is 1. The van der Waals surface area contributed by atoms with Crippen molar-refractivity contribution >= 4 is 16.8 Å². The van der Waals surface area contributed by atoms with E-state index in [0.29, 0.717) is 18.2 Å². The summed E-state index contributed by atoms with van der Waals surface area (Å²) in [6.45, 7) is 3.40. The van der Waals surface area contributed by atoms with E-state index in [9.17, 15) is 9.90 Å². The van der Waals surface area contributed by atoms with Crippen molar-refractivity contribution in [2.75, 3.05) is 19.7 Å². The number of Topliss-reactive ketones (excluding diaryl/α,β-unsaturated/α-hetero) is 1. The Kier molecular flexibility index (Phi) is 3.59. The third-order valence-corrected chi connectivity index (χ3v) is 4.23. The van der Waals surface area contributed by atoms with Crippen LogP contribution in [0.15, 0.2) is 34.7 Å². The number of aliphatic hydroxyl groups excluding tert-OH is 1. The summed E-state index contributed by atoms with van der Waals surface area (Å²) < 4.78 is 5.60. The maximum absolute atomic E-state index is 12.3. The number of para-hydroxylation sites is 1. The Hall–Kier alpha value is -1.65. The molecule has 1 N–H and O–H groups in total. The number of carbonyl (C=O) groups excluding carboxylic acids is 1. The normalized spacial score (nSPS) is 23.5. The molecule has 2 aromatic rings. The van der Waals surface area contributed by atoms with Gasteiger partial charge in [0.25, 0.3) is 0 Å². The molecular formula is C16H19NO3. The summed E-state index contributed by atoms with van der Waals surface area (Å²) in [6, 6.07) is 9.50. The summed E-state index contributed by atoms with van der Waals surface area (Å²) in [4.78, 5) is 14.4. The lowest BCUT2D eigenvalue weighted by Crippen LogP contribution is -2.38. The first kappa shape index (κ1) is 13.3. The first-order valence-electron chi connectivity index (χ1n) is 7.05. The van der Waals surface area contributed by atoms with E-state index in [0.717, 1.165) is 23.9 Å². The van der Waals surface area contributed by atoms with Crippen molar-refractivity contribution in [3.8, 4) is 0 Å². The number of likely N-dealkylation sites (tertiary alicyclic amines) is 1. The van der Waals surface area contributed by atoms with Crippen LogP contribution in [0.2, 0.25) is 0 Å². The SMILES string of the molecule is CC1CCN(CC(=O)c2cc3ccccc3o2)C1CO. The maximum Gasteiger partial charge on any atom is 0.211 e. The topological polar surface area (TPSA) is 53.7 Å². The fourth-order valence-corrected chi connectivity index (χ4v) is 2.96. The number of nitrogens with zero attached hydrogens (tertiary/aromatic N) is 1. The second-order valence-corrected chi connectivity index (χ2v) is 5.56. The van der Waals surface area contributed by atoms with Crippen molar-refractivity contribution in [3.63, 3.8) is 0 Å². The van der Waals surface area contributed by atoms with Crippen LogP contribution in [0.5, 0.6) is 0 Å². The second-order valence-electron chi connectivity index (χ2n) is 5.56. The molecule has 1 fully saturated rings. The first-order valence-corrected chi connectivity index (χ1v) is 7.05. The van der Waals surface area contributed by atoms with Crippen LogP contribution in [0.3, 0.4) is 0 Å². The van der Waals surface area contributed by atoms with Gasteiger partial charge in [0.2, 0.25) is 5.78 Å². The van der Waals surface area contributed by atoms with E-state index in [2.05, 4.69) is 11.8 Å². The van der Waals surface area contributed by atoms with Gasteiger partial charge in [-0.25, -0.2) is 0 Å². The molecule has 4 heteroatoms. The average molecular weight is 273 g/mol. The van der Waals surface area contributed by atoms with Gasteiger partial charge in [0.05, 0.1) is 13.2 Å². The molecule has 2 atom stereocenters. The summed E-state index contributed by atoms with van der Waals surface area (Å²) in [6.07, 6.45) is 1.03. The van der Waals surface area contributed by atoms with Crippen LogP contribution in [-0.2, 0) is 0 Å². The third kappa shape index (κ3) is 2.37. The van der Waals surface area contributed by atoms with E-state index in [4.69, 9.17) is 4.42 Å². The summed E-state index contributed by atoms with van der Waals surface area (Å²) in [5.41, 5.74) is 0.740. The highest BCUT2D eigenvalue weighted by atomic mass is 16.3. The van der Waals surface area contributed by atoms with Crippen LogP contribution in [0, 0.1) is 5.92 Å². The molecule has 1 saturated heterocycles. The van der Waals surface area contributed by atoms with Crippen molar-refractivity contribution in [1.82, 2.24) is 4.90 Å². The van der Waals surface area contributed by atoms with Crippen molar-refractivity contribution in [2.45, 2.75) is 19.4 Å². The molecule has 0 spiro atoms. The van der Waals surface area contributed by atoms with Gasteiger partial charge in [-0.05, 0) is 31.0 Å². The Balaban J connectivity index is 1.76. The standard InChI is InChI=1S/C16H19NO3/c1-11-6-7-17(13(11)10-18)9-14(19)16-8-12-4-2-3-5-15(12)20-16/h2-5,8,11,13,18H,6-7,9-10H2,1H3. The summed E-state index contributed by atoms with van der Waals surface area (Å²) in [5, 5.41) is 10.4. The minimum Gasteiger partial charge on any atom is -0.453 e. The molecular weight excluding hydrogens is 254 g/mol. The van der Waals surface area contributed by atoms with Gasteiger partial charge in [-0.2, -0.15) is 0 Å².